The monoisotopic (exact) mass is 429 g/mol. The highest BCUT2D eigenvalue weighted by atomic mass is 35.5. The van der Waals surface area contributed by atoms with E-state index in [4.69, 9.17) is 15.9 Å². The Bertz CT molecular complexity index is 860. The second-order valence-corrected chi connectivity index (χ2v) is 7.45. The molecule has 30 heavy (non-hydrogen) atoms. The predicted octanol–water partition coefficient (Wildman–Crippen LogP) is 3.57. The summed E-state index contributed by atoms with van der Waals surface area (Å²) in [6.07, 6.45) is 3.23. The van der Waals surface area contributed by atoms with Gasteiger partial charge in [0, 0.05) is 12.0 Å². The molecular formula is C23H28ClN3O3. The lowest BCUT2D eigenvalue weighted by molar-refractivity contribution is -0.142. The third-order valence-electron chi connectivity index (χ3n) is 5.64. The van der Waals surface area contributed by atoms with Gasteiger partial charge in [-0.2, -0.15) is 0 Å². The Labute approximate surface area is 183 Å². The summed E-state index contributed by atoms with van der Waals surface area (Å²) in [5, 5.41) is 7.48. The molecule has 3 rings (SSSR count). The maximum absolute atomic E-state index is 11.8. The molecule has 1 fully saturated rings. The zero-order valence-electron chi connectivity index (χ0n) is 17.0. The van der Waals surface area contributed by atoms with E-state index in [0.717, 1.165) is 48.9 Å². The van der Waals surface area contributed by atoms with Crippen molar-refractivity contribution in [3.05, 3.63) is 59.7 Å². The van der Waals surface area contributed by atoms with Gasteiger partial charge in [-0.3, -0.25) is 15.1 Å². The number of ether oxygens (including phenoxy) is 1. The highest BCUT2D eigenvalue weighted by molar-refractivity contribution is 5.95. The first-order valence-electron chi connectivity index (χ1n) is 9.82. The summed E-state index contributed by atoms with van der Waals surface area (Å²) in [6.45, 7) is 1.58. The molecule has 160 valence electrons. The van der Waals surface area contributed by atoms with Gasteiger partial charge in [-0.1, -0.05) is 48.5 Å². The lowest BCUT2D eigenvalue weighted by atomic mass is 9.91. The maximum atomic E-state index is 11.8. The SMILES string of the molecule is COC(=O)CC1CCN(C(C=O)c2ccc(-c3ccc(C(=N)N)cc3)cc2)CC1.Cl. The Morgan fingerprint density at radius 1 is 1.13 bits per heavy atom. The van der Waals surface area contributed by atoms with Gasteiger partial charge in [0.25, 0.3) is 0 Å². The molecule has 3 N–H and O–H groups in total. The van der Waals surface area contributed by atoms with Gasteiger partial charge >= 0.3 is 5.97 Å². The summed E-state index contributed by atoms with van der Waals surface area (Å²) in [7, 11) is 1.42. The Hall–Kier alpha value is -2.70. The van der Waals surface area contributed by atoms with Gasteiger partial charge in [-0.15, -0.1) is 12.4 Å². The van der Waals surface area contributed by atoms with E-state index in [1.807, 2.05) is 48.5 Å². The Morgan fingerprint density at radius 3 is 2.13 bits per heavy atom. The molecule has 0 radical (unpaired) electrons. The van der Waals surface area contributed by atoms with Crippen molar-refractivity contribution in [3.63, 3.8) is 0 Å². The van der Waals surface area contributed by atoms with Crippen molar-refractivity contribution in [1.82, 2.24) is 4.90 Å². The number of nitrogens with two attached hydrogens (primary N) is 1. The number of methoxy groups -OCH3 is 1. The van der Waals surface area contributed by atoms with Crippen LogP contribution in [0.3, 0.4) is 0 Å². The first kappa shape index (κ1) is 23.6. The average molecular weight is 430 g/mol. The summed E-state index contributed by atoms with van der Waals surface area (Å²) in [5.74, 6) is 0.213. The number of carbonyl (C=O) groups is 2. The zero-order chi connectivity index (χ0) is 20.8. The number of rotatable bonds is 7. The molecule has 0 saturated carbocycles. The van der Waals surface area contributed by atoms with Crippen LogP contribution in [0.1, 0.15) is 36.4 Å². The van der Waals surface area contributed by atoms with E-state index < -0.39 is 0 Å². The van der Waals surface area contributed by atoms with E-state index in [1.54, 1.807) is 0 Å². The molecule has 7 heteroatoms. The molecule has 0 aliphatic carbocycles. The van der Waals surface area contributed by atoms with Crippen LogP contribution in [0.5, 0.6) is 0 Å². The van der Waals surface area contributed by atoms with Gasteiger partial charge < -0.3 is 15.3 Å². The van der Waals surface area contributed by atoms with Crippen molar-refractivity contribution in [1.29, 1.82) is 5.41 Å². The van der Waals surface area contributed by atoms with Crippen LogP contribution >= 0.6 is 12.4 Å². The number of amidine groups is 1. The molecule has 1 unspecified atom stereocenters. The van der Waals surface area contributed by atoms with Crippen molar-refractivity contribution in [3.8, 4) is 11.1 Å². The van der Waals surface area contributed by atoms with Gasteiger partial charge in [0.15, 0.2) is 0 Å². The van der Waals surface area contributed by atoms with Crippen LogP contribution in [0, 0.1) is 11.3 Å². The highest BCUT2D eigenvalue weighted by Gasteiger charge is 2.27. The third kappa shape index (κ3) is 5.68. The molecule has 1 aliphatic heterocycles. The number of hydrogen-bond acceptors (Lipinski definition) is 5. The number of piperidine rings is 1. The van der Waals surface area contributed by atoms with Crippen molar-refractivity contribution in [2.24, 2.45) is 11.7 Å². The maximum Gasteiger partial charge on any atom is 0.305 e. The van der Waals surface area contributed by atoms with Gasteiger partial charge in [-0.05, 0) is 48.5 Å². The number of likely N-dealkylation sites (tertiary alicyclic amines) is 1. The summed E-state index contributed by atoms with van der Waals surface area (Å²) in [6, 6.07) is 15.3. The molecule has 0 bridgehead atoms. The molecule has 1 heterocycles. The van der Waals surface area contributed by atoms with Crippen molar-refractivity contribution < 1.29 is 14.3 Å². The van der Waals surface area contributed by atoms with Crippen LogP contribution in [-0.2, 0) is 14.3 Å². The van der Waals surface area contributed by atoms with Gasteiger partial charge in [0.05, 0.1) is 13.2 Å². The fraction of sp³-hybridized carbons (Fsp3) is 0.348. The summed E-state index contributed by atoms with van der Waals surface area (Å²) in [5.41, 5.74) is 9.25. The van der Waals surface area contributed by atoms with E-state index in [0.29, 0.717) is 17.9 Å². The Balaban J connectivity index is 0.00000320. The lowest BCUT2D eigenvalue weighted by Gasteiger charge is -2.35. The lowest BCUT2D eigenvalue weighted by Crippen LogP contribution is -2.38. The number of carbonyl (C=O) groups excluding carboxylic acids is 2. The van der Waals surface area contributed by atoms with Crippen molar-refractivity contribution >= 4 is 30.5 Å². The van der Waals surface area contributed by atoms with Gasteiger partial charge in [-0.25, -0.2) is 0 Å². The number of aldehydes is 1. The minimum absolute atomic E-state index is 0. The van der Waals surface area contributed by atoms with Gasteiger partial charge in [0.2, 0.25) is 0 Å². The Kier molecular flexibility index (Phi) is 8.57. The molecule has 1 atom stereocenters. The van der Waals surface area contributed by atoms with E-state index >= 15 is 0 Å². The molecule has 1 saturated heterocycles. The number of hydrogen-bond donors (Lipinski definition) is 2. The van der Waals surface area contributed by atoms with Gasteiger partial charge in [0.1, 0.15) is 12.1 Å². The summed E-state index contributed by atoms with van der Waals surface area (Å²) >= 11 is 0. The molecule has 0 spiro atoms. The van der Waals surface area contributed by atoms with Crippen LogP contribution in [-0.4, -0.2) is 43.2 Å². The molecular weight excluding hydrogens is 402 g/mol. The smallest absolute Gasteiger partial charge is 0.305 e. The van der Waals surface area contributed by atoms with Crippen LogP contribution in [0.25, 0.3) is 11.1 Å². The first-order valence-corrected chi connectivity index (χ1v) is 9.82. The third-order valence-corrected chi connectivity index (χ3v) is 5.64. The molecule has 1 aliphatic rings. The first-order chi connectivity index (χ1) is 14.0. The topological polar surface area (TPSA) is 96.5 Å². The van der Waals surface area contributed by atoms with E-state index in [2.05, 4.69) is 4.90 Å². The number of nitrogens with one attached hydrogen (secondary N) is 1. The predicted molar refractivity (Wildman–Crippen MR) is 120 cm³/mol. The van der Waals surface area contributed by atoms with Crippen LogP contribution in [0.2, 0.25) is 0 Å². The second kappa shape index (κ2) is 10.9. The molecule has 2 aromatic rings. The molecule has 0 aromatic heterocycles. The number of nitrogens with zero attached hydrogens (tertiary/aromatic N) is 1. The average Bonchev–Trinajstić information content (AvgIpc) is 2.76. The quantitative estimate of drug-likeness (QED) is 0.303. The molecule has 6 nitrogen and oxygen atoms in total. The normalized spacial score (nSPS) is 15.6. The number of benzene rings is 2. The second-order valence-electron chi connectivity index (χ2n) is 7.45. The minimum Gasteiger partial charge on any atom is -0.469 e. The molecule has 0 amide bonds. The standard InChI is InChI=1S/C23H27N3O3.ClH/c1-29-22(28)14-16-10-12-26(13-11-16)21(15-27)19-6-2-17(3-7-19)18-4-8-20(9-5-18)23(24)25;/h2-9,15-16,21H,10-14H2,1H3,(H3,24,25);1H. The Morgan fingerprint density at radius 2 is 1.67 bits per heavy atom. The van der Waals surface area contributed by atoms with Crippen molar-refractivity contribution in [2.45, 2.75) is 25.3 Å². The highest BCUT2D eigenvalue weighted by Crippen LogP contribution is 2.29. The van der Waals surface area contributed by atoms with E-state index in [9.17, 15) is 9.59 Å². The van der Waals surface area contributed by atoms with Crippen LogP contribution in [0.4, 0.5) is 0 Å². The van der Waals surface area contributed by atoms with E-state index in [-0.39, 0.29) is 30.3 Å². The number of halogens is 1. The number of esters is 1. The zero-order valence-corrected chi connectivity index (χ0v) is 17.9. The van der Waals surface area contributed by atoms with Crippen molar-refractivity contribution in [2.75, 3.05) is 20.2 Å². The van der Waals surface area contributed by atoms with E-state index in [1.165, 1.54) is 7.11 Å². The molecule has 2 aromatic carbocycles. The fourth-order valence-electron chi connectivity index (χ4n) is 3.84. The number of nitrogen functional groups attached to an aromatic ring is 1. The fourth-order valence-corrected chi connectivity index (χ4v) is 3.84. The van der Waals surface area contributed by atoms with Crippen LogP contribution < -0.4 is 5.73 Å². The van der Waals surface area contributed by atoms with Crippen LogP contribution in [0.15, 0.2) is 48.5 Å². The minimum atomic E-state index is -0.275. The summed E-state index contributed by atoms with van der Waals surface area (Å²) < 4.78 is 4.76. The largest absolute Gasteiger partial charge is 0.469 e. The summed E-state index contributed by atoms with van der Waals surface area (Å²) in [4.78, 5) is 25.5.